The molecule has 0 spiro atoms. The first kappa shape index (κ1) is 20.3. The fourth-order valence-corrected chi connectivity index (χ4v) is 3.54. The van der Waals surface area contributed by atoms with Crippen molar-refractivity contribution in [3.8, 4) is 11.5 Å². The smallest absolute Gasteiger partial charge is 0.317 e. The van der Waals surface area contributed by atoms with Crippen LogP contribution in [0.4, 0.5) is 4.79 Å². The molecule has 1 saturated heterocycles. The van der Waals surface area contributed by atoms with Gasteiger partial charge in [0.1, 0.15) is 6.61 Å². The van der Waals surface area contributed by atoms with Gasteiger partial charge in [0.25, 0.3) is 0 Å². The lowest BCUT2D eigenvalue weighted by Gasteiger charge is -2.34. The molecule has 0 aromatic heterocycles. The first-order valence-electron chi connectivity index (χ1n) is 9.96. The summed E-state index contributed by atoms with van der Waals surface area (Å²) in [4.78, 5) is 28.1. The van der Waals surface area contributed by atoms with Crippen LogP contribution in [0.1, 0.15) is 19.8 Å². The highest BCUT2D eigenvalue weighted by atomic mass is 16.6. The number of ether oxygens (including phenoxy) is 2. The SMILES string of the molecule is CCN(CC1COc2ccccc2O1)C(=O)NC1CCN(CC(=O)NC)CC1. The average Bonchev–Trinajstić information content (AvgIpc) is 2.73. The Morgan fingerprint density at radius 3 is 2.61 bits per heavy atom. The highest BCUT2D eigenvalue weighted by Crippen LogP contribution is 2.31. The molecule has 2 N–H and O–H groups in total. The number of piperidine rings is 1. The molecule has 2 heterocycles. The Morgan fingerprint density at radius 2 is 1.93 bits per heavy atom. The molecule has 0 radical (unpaired) electrons. The fourth-order valence-electron chi connectivity index (χ4n) is 3.54. The zero-order valence-corrected chi connectivity index (χ0v) is 16.6. The highest BCUT2D eigenvalue weighted by Gasteiger charge is 2.27. The molecule has 0 bridgehead atoms. The molecule has 8 nitrogen and oxygen atoms in total. The molecule has 0 saturated carbocycles. The summed E-state index contributed by atoms with van der Waals surface area (Å²) < 4.78 is 11.7. The summed E-state index contributed by atoms with van der Waals surface area (Å²) in [5.41, 5.74) is 0. The maximum Gasteiger partial charge on any atom is 0.317 e. The number of para-hydroxylation sites is 2. The minimum absolute atomic E-state index is 0.0240. The predicted octanol–water partition coefficient (Wildman–Crippen LogP) is 1.07. The molecule has 0 aliphatic carbocycles. The number of likely N-dealkylation sites (N-methyl/N-ethyl adjacent to an activating group) is 2. The largest absolute Gasteiger partial charge is 0.486 e. The maximum absolute atomic E-state index is 12.7. The lowest BCUT2D eigenvalue weighted by Crippen LogP contribution is -2.52. The van der Waals surface area contributed by atoms with E-state index in [-0.39, 0.29) is 24.1 Å². The Hall–Kier alpha value is -2.48. The monoisotopic (exact) mass is 390 g/mol. The molecular weight excluding hydrogens is 360 g/mol. The van der Waals surface area contributed by atoms with E-state index in [1.807, 2.05) is 31.2 Å². The van der Waals surface area contributed by atoms with Crippen LogP contribution in [0.3, 0.4) is 0 Å². The minimum Gasteiger partial charge on any atom is -0.486 e. The van der Waals surface area contributed by atoms with E-state index in [2.05, 4.69) is 15.5 Å². The molecule has 2 aliphatic heterocycles. The van der Waals surface area contributed by atoms with E-state index in [0.29, 0.717) is 26.2 Å². The number of rotatable bonds is 6. The third-order valence-electron chi connectivity index (χ3n) is 5.22. The molecule has 154 valence electrons. The second-order valence-electron chi connectivity index (χ2n) is 7.21. The summed E-state index contributed by atoms with van der Waals surface area (Å²) in [5.74, 6) is 1.49. The van der Waals surface area contributed by atoms with Gasteiger partial charge in [0.05, 0.1) is 13.1 Å². The van der Waals surface area contributed by atoms with Gasteiger partial charge in [-0.05, 0) is 31.9 Å². The van der Waals surface area contributed by atoms with Crippen molar-refractivity contribution < 1.29 is 19.1 Å². The lowest BCUT2D eigenvalue weighted by atomic mass is 10.1. The van der Waals surface area contributed by atoms with Crippen LogP contribution < -0.4 is 20.1 Å². The second kappa shape index (κ2) is 9.64. The van der Waals surface area contributed by atoms with Crippen LogP contribution in [0.2, 0.25) is 0 Å². The predicted molar refractivity (Wildman–Crippen MR) is 106 cm³/mol. The standard InChI is InChI=1S/C20H30N4O4/c1-3-24(12-16-14-27-17-6-4-5-7-18(17)28-16)20(26)22-15-8-10-23(11-9-15)13-19(25)21-2/h4-7,15-16H,3,8-14H2,1-2H3,(H,21,25)(H,22,26). The zero-order chi connectivity index (χ0) is 19.9. The average molecular weight is 390 g/mol. The van der Waals surface area contributed by atoms with Crippen LogP contribution in [0.25, 0.3) is 0 Å². The second-order valence-corrected chi connectivity index (χ2v) is 7.21. The van der Waals surface area contributed by atoms with E-state index in [9.17, 15) is 9.59 Å². The van der Waals surface area contributed by atoms with Crippen LogP contribution in [0, 0.1) is 0 Å². The summed E-state index contributed by atoms with van der Waals surface area (Å²) in [6, 6.07) is 7.64. The Kier molecular flexibility index (Phi) is 6.97. The van der Waals surface area contributed by atoms with Gasteiger partial charge in [-0.15, -0.1) is 0 Å². The Morgan fingerprint density at radius 1 is 1.21 bits per heavy atom. The summed E-state index contributed by atoms with van der Waals surface area (Å²) in [7, 11) is 1.65. The molecule has 3 rings (SSSR count). The van der Waals surface area contributed by atoms with Gasteiger partial charge in [0.2, 0.25) is 5.91 Å². The normalized spacial score (nSPS) is 19.7. The summed E-state index contributed by atoms with van der Waals surface area (Å²) in [6.45, 7) is 5.50. The van der Waals surface area contributed by atoms with Crippen molar-refractivity contribution in [2.75, 3.05) is 46.4 Å². The van der Waals surface area contributed by atoms with Crippen molar-refractivity contribution in [2.45, 2.75) is 31.9 Å². The number of hydrogen-bond donors (Lipinski definition) is 2. The number of amides is 3. The topological polar surface area (TPSA) is 83.1 Å². The molecule has 1 fully saturated rings. The number of nitrogens with zero attached hydrogens (tertiary/aromatic N) is 2. The van der Waals surface area contributed by atoms with Gasteiger partial charge in [-0.1, -0.05) is 12.1 Å². The molecule has 1 aromatic carbocycles. The van der Waals surface area contributed by atoms with E-state index >= 15 is 0 Å². The van der Waals surface area contributed by atoms with Gasteiger partial charge >= 0.3 is 6.03 Å². The molecule has 1 unspecified atom stereocenters. The Bertz CT molecular complexity index is 676. The van der Waals surface area contributed by atoms with Crippen molar-refractivity contribution in [1.29, 1.82) is 0 Å². The molecule has 2 aliphatic rings. The van der Waals surface area contributed by atoms with Crippen LogP contribution in [0.5, 0.6) is 11.5 Å². The number of carbonyl (C=O) groups excluding carboxylic acids is 2. The number of benzene rings is 1. The molecule has 1 aromatic rings. The molecule has 3 amide bonds. The van der Waals surface area contributed by atoms with Gasteiger partial charge in [-0.3, -0.25) is 9.69 Å². The quantitative estimate of drug-likeness (QED) is 0.759. The number of likely N-dealkylation sites (tertiary alicyclic amines) is 1. The third kappa shape index (κ3) is 5.28. The maximum atomic E-state index is 12.7. The van der Waals surface area contributed by atoms with Crippen molar-refractivity contribution in [1.82, 2.24) is 20.4 Å². The van der Waals surface area contributed by atoms with E-state index in [0.717, 1.165) is 37.4 Å². The summed E-state index contributed by atoms with van der Waals surface area (Å²) in [6.07, 6.45) is 1.50. The third-order valence-corrected chi connectivity index (χ3v) is 5.22. The summed E-state index contributed by atoms with van der Waals surface area (Å²) >= 11 is 0. The number of urea groups is 1. The van der Waals surface area contributed by atoms with Crippen LogP contribution in [-0.2, 0) is 4.79 Å². The van der Waals surface area contributed by atoms with Gasteiger partial charge in [-0.25, -0.2) is 4.79 Å². The number of fused-ring (bicyclic) bond motifs is 1. The van der Waals surface area contributed by atoms with Gasteiger partial charge < -0.3 is 25.0 Å². The summed E-state index contributed by atoms with van der Waals surface area (Å²) in [5, 5.41) is 5.77. The highest BCUT2D eigenvalue weighted by molar-refractivity contribution is 5.77. The molecular formula is C20H30N4O4. The van der Waals surface area contributed by atoms with Gasteiger partial charge in [0.15, 0.2) is 17.6 Å². The number of hydrogen-bond acceptors (Lipinski definition) is 5. The zero-order valence-electron chi connectivity index (χ0n) is 16.6. The van der Waals surface area contributed by atoms with Gasteiger partial charge in [-0.2, -0.15) is 0 Å². The number of carbonyl (C=O) groups is 2. The first-order chi connectivity index (χ1) is 13.6. The first-order valence-corrected chi connectivity index (χ1v) is 9.96. The van der Waals surface area contributed by atoms with E-state index < -0.39 is 0 Å². The van der Waals surface area contributed by atoms with Crippen LogP contribution in [0.15, 0.2) is 24.3 Å². The van der Waals surface area contributed by atoms with Crippen molar-refractivity contribution in [2.24, 2.45) is 0 Å². The van der Waals surface area contributed by atoms with E-state index in [1.54, 1.807) is 11.9 Å². The molecule has 8 heteroatoms. The Labute approximate surface area is 166 Å². The number of nitrogens with one attached hydrogen (secondary N) is 2. The van der Waals surface area contributed by atoms with Gasteiger partial charge in [0, 0.05) is 32.7 Å². The van der Waals surface area contributed by atoms with Crippen molar-refractivity contribution in [3.05, 3.63) is 24.3 Å². The molecule has 28 heavy (non-hydrogen) atoms. The van der Waals surface area contributed by atoms with Crippen molar-refractivity contribution in [3.63, 3.8) is 0 Å². The van der Waals surface area contributed by atoms with Crippen molar-refractivity contribution >= 4 is 11.9 Å². The van der Waals surface area contributed by atoms with E-state index in [1.165, 1.54) is 0 Å². The molecule has 1 atom stereocenters. The Balaban J connectivity index is 1.45. The fraction of sp³-hybridized carbons (Fsp3) is 0.600. The van der Waals surface area contributed by atoms with Crippen LogP contribution >= 0.6 is 0 Å². The van der Waals surface area contributed by atoms with Crippen LogP contribution in [-0.4, -0.2) is 80.3 Å². The van der Waals surface area contributed by atoms with E-state index in [4.69, 9.17) is 9.47 Å². The lowest BCUT2D eigenvalue weighted by molar-refractivity contribution is -0.122. The minimum atomic E-state index is -0.185.